The molecule has 0 aliphatic heterocycles. The molecule has 364 valence electrons. The normalized spacial score (nSPS) is 13.3. The van der Waals surface area contributed by atoms with Crippen LogP contribution in [0.15, 0.2) is 237 Å². The highest BCUT2D eigenvalue weighted by molar-refractivity contribution is 6.12. The summed E-state index contributed by atoms with van der Waals surface area (Å²) in [7, 11) is 0. The Hall–Kier alpha value is -9.78. The van der Waals surface area contributed by atoms with Crippen molar-refractivity contribution < 1.29 is 0 Å². The first-order valence-electron chi connectivity index (χ1n) is 26.6. The monoisotopic (exact) mass is 986 g/mol. The van der Waals surface area contributed by atoms with E-state index < -0.39 is 0 Å². The van der Waals surface area contributed by atoms with Gasteiger partial charge in [0.05, 0.1) is 39.3 Å². The van der Waals surface area contributed by atoms with Gasteiger partial charge in [0.2, 0.25) is 0 Å². The number of fused-ring (bicyclic) bond motifs is 9. The predicted octanol–water partition coefficient (Wildman–Crippen LogP) is 17.6. The average molecular weight is 987 g/mol. The molecule has 0 radical (unpaired) electrons. The molecule has 4 heterocycles. The van der Waals surface area contributed by atoms with E-state index in [0.717, 1.165) is 85.9 Å². The molecule has 15 rings (SSSR count). The standard InChI is InChI=1S/C71H50N6/c1-71(2)59-41-67-57(53-33-15-17-35-65(53)76(67)51-31-19-29-49(37-51)69-72-61(45-21-7-3-8-22-45)43-62(73-69)46-23-9-4-10-24-46)39-55(59)56-40-58-54-34-16-18-36-66(54)77(68(58)42-60(56)71)52-32-20-30-50(38-52)70-74-63(47-25-11-5-12-26-47)44-64(75-70)48-27-13-6-14-28-48/h3-17,19-35,37-44H,18,36H2,1-2H3. The molecule has 4 aromatic heterocycles. The quantitative estimate of drug-likeness (QED) is 0.152. The van der Waals surface area contributed by atoms with E-state index in [1.54, 1.807) is 0 Å². The maximum atomic E-state index is 5.23. The van der Waals surface area contributed by atoms with E-state index in [1.165, 1.54) is 60.7 Å². The molecule has 0 N–H and O–H groups in total. The lowest BCUT2D eigenvalue weighted by molar-refractivity contribution is 0.661. The highest BCUT2D eigenvalue weighted by Gasteiger charge is 2.38. The van der Waals surface area contributed by atoms with Crippen LogP contribution < -0.4 is 0 Å². The van der Waals surface area contributed by atoms with Crippen molar-refractivity contribution in [2.75, 3.05) is 0 Å². The zero-order valence-corrected chi connectivity index (χ0v) is 42.7. The summed E-state index contributed by atoms with van der Waals surface area (Å²) in [6.45, 7) is 4.80. The highest BCUT2D eigenvalue weighted by atomic mass is 15.0. The van der Waals surface area contributed by atoms with Crippen LogP contribution in [0.4, 0.5) is 0 Å². The second-order valence-electron chi connectivity index (χ2n) is 20.9. The molecule has 9 aromatic carbocycles. The molecule has 77 heavy (non-hydrogen) atoms. The van der Waals surface area contributed by atoms with Crippen LogP contribution in [0.3, 0.4) is 0 Å². The van der Waals surface area contributed by atoms with E-state index in [0.29, 0.717) is 11.6 Å². The first-order chi connectivity index (χ1) is 37.9. The van der Waals surface area contributed by atoms with E-state index in [4.69, 9.17) is 19.9 Å². The van der Waals surface area contributed by atoms with Gasteiger partial charge in [-0.05, 0) is 102 Å². The zero-order valence-electron chi connectivity index (χ0n) is 42.7. The molecule has 0 saturated heterocycles. The second kappa shape index (κ2) is 17.7. The minimum absolute atomic E-state index is 0.303. The fourth-order valence-electron chi connectivity index (χ4n) is 12.2. The van der Waals surface area contributed by atoms with Gasteiger partial charge >= 0.3 is 0 Å². The van der Waals surface area contributed by atoms with E-state index in [2.05, 4.69) is 241 Å². The van der Waals surface area contributed by atoms with Crippen LogP contribution in [0.25, 0.3) is 129 Å². The number of hydrogen-bond donors (Lipinski definition) is 0. The lowest BCUT2D eigenvalue weighted by atomic mass is 9.82. The molecule has 0 unspecified atom stereocenters. The van der Waals surface area contributed by atoms with Crippen molar-refractivity contribution in [3.05, 3.63) is 259 Å². The van der Waals surface area contributed by atoms with Crippen LogP contribution in [-0.2, 0) is 11.8 Å². The van der Waals surface area contributed by atoms with Crippen molar-refractivity contribution in [2.24, 2.45) is 0 Å². The van der Waals surface area contributed by atoms with E-state index in [-0.39, 0.29) is 5.41 Å². The summed E-state index contributed by atoms with van der Waals surface area (Å²) in [6.07, 6.45) is 6.63. The van der Waals surface area contributed by atoms with Gasteiger partial charge in [0.25, 0.3) is 0 Å². The van der Waals surface area contributed by atoms with Gasteiger partial charge in [-0.1, -0.05) is 190 Å². The third kappa shape index (κ3) is 7.39. The number of aromatic nitrogens is 6. The van der Waals surface area contributed by atoms with Crippen molar-refractivity contribution in [1.82, 2.24) is 29.1 Å². The third-order valence-corrected chi connectivity index (χ3v) is 16.0. The van der Waals surface area contributed by atoms with Crippen molar-refractivity contribution in [3.63, 3.8) is 0 Å². The first kappa shape index (κ1) is 44.7. The third-order valence-electron chi connectivity index (χ3n) is 16.0. The zero-order chi connectivity index (χ0) is 51.2. The minimum Gasteiger partial charge on any atom is -0.313 e. The summed E-state index contributed by atoms with van der Waals surface area (Å²) in [4.78, 5) is 20.9. The van der Waals surface area contributed by atoms with Crippen LogP contribution in [-0.4, -0.2) is 29.1 Å². The Morgan fingerprint density at radius 2 is 0.792 bits per heavy atom. The summed E-state index contributed by atoms with van der Waals surface area (Å²) in [5.74, 6) is 1.39. The average Bonchev–Trinajstić information content (AvgIpc) is 4.31. The summed E-state index contributed by atoms with van der Waals surface area (Å²) < 4.78 is 4.95. The Labute approximate surface area is 447 Å². The number of hydrogen-bond acceptors (Lipinski definition) is 4. The molecular formula is C71H50N6. The highest BCUT2D eigenvalue weighted by Crippen LogP contribution is 2.53. The summed E-state index contributed by atoms with van der Waals surface area (Å²) in [6, 6.07) is 82.2. The van der Waals surface area contributed by atoms with Crippen LogP contribution in [0, 0.1) is 0 Å². The molecule has 6 nitrogen and oxygen atoms in total. The lowest BCUT2D eigenvalue weighted by Gasteiger charge is -2.22. The fraction of sp³-hybridized carbons (Fsp3) is 0.0704. The maximum absolute atomic E-state index is 5.23. The van der Waals surface area contributed by atoms with Crippen molar-refractivity contribution >= 4 is 38.8 Å². The molecule has 0 bridgehead atoms. The molecule has 0 saturated carbocycles. The van der Waals surface area contributed by atoms with Crippen LogP contribution >= 0.6 is 0 Å². The summed E-state index contributed by atoms with van der Waals surface area (Å²) in [5, 5.41) is 3.72. The van der Waals surface area contributed by atoms with E-state index in [9.17, 15) is 0 Å². The smallest absolute Gasteiger partial charge is 0.160 e. The molecule has 0 spiro atoms. The van der Waals surface area contributed by atoms with Crippen LogP contribution in [0.2, 0.25) is 0 Å². The Morgan fingerprint density at radius 3 is 1.30 bits per heavy atom. The number of para-hydroxylation sites is 1. The molecule has 0 atom stereocenters. The number of benzene rings is 9. The molecule has 2 aliphatic carbocycles. The lowest BCUT2D eigenvalue weighted by Crippen LogP contribution is -2.15. The van der Waals surface area contributed by atoms with Gasteiger partial charge in [0.1, 0.15) is 0 Å². The number of nitrogens with zero attached hydrogens (tertiary/aromatic N) is 6. The van der Waals surface area contributed by atoms with Gasteiger partial charge in [0.15, 0.2) is 11.6 Å². The molecule has 0 amide bonds. The Balaban J connectivity index is 0.867. The number of rotatable bonds is 8. The Kier molecular flexibility index (Phi) is 10.3. The molecule has 6 heteroatoms. The van der Waals surface area contributed by atoms with Gasteiger partial charge in [-0.2, -0.15) is 0 Å². The van der Waals surface area contributed by atoms with Gasteiger partial charge in [-0.3, -0.25) is 0 Å². The fourth-order valence-corrected chi connectivity index (χ4v) is 12.2. The SMILES string of the molecule is CC1(C)c2cc3c(cc2-c2cc4c5ccccc5n(-c5cccc(-c6nc(-c7ccccc7)cc(-c7ccccc7)n6)c5)c4cc21)c1c(n3-c2cccc(-c3nc(-c4ccccc4)cc(-c4ccccc4)n3)c2)CCC=C1. The largest absolute Gasteiger partial charge is 0.313 e. The Morgan fingerprint density at radius 1 is 0.364 bits per heavy atom. The second-order valence-corrected chi connectivity index (χ2v) is 20.9. The number of allylic oxidation sites excluding steroid dienone is 1. The predicted molar refractivity (Wildman–Crippen MR) is 316 cm³/mol. The summed E-state index contributed by atoms with van der Waals surface area (Å²) in [5.41, 5.74) is 23.0. The van der Waals surface area contributed by atoms with Gasteiger partial charge in [-0.25, -0.2) is 19.9 Å². The molecular weight excluding hydrogens is 937 g/mol. The molecule has 13 aromatic rings. The van der Waals surface area contributed by atoms with E-state index >= 15 is 0 Å². The first-order valence-corrected chi connectivity index (χ1v) is 26.6. The molecule has 0 fully saturated rings. The van der Waals surface area contributed by atoms with Gasteiger partial charge < -0.3 is 9.13 Å². The van der Waals surface area contributed by atoms with Crippen LogP contribution in [0.1, 0.15) is 42.7 Å². The summed E-state index contributed by atoms with van der Waals surface area (Å²) >= 11 is 0. The van der Waals surface area contributed by atoms with Crippen LogP contribution in [0.5, 0.6) is 0 Å². The van der Waals surface area contributed by atoms with Crippen molar-refractivity contribution in [1.29, 1.82) is 0 Å². The van der Waals surface area contributed by atoms with Crippen molar-refractivity contribution in [3.8, 4) is 90.3 Å². The minimum atomic E-state index is -0.303. The Bertz CT molecular complexity index is 4400. The topological polar surface area (TPSA) is 61.4 Å². The van der Waals surface area contributed by atoms with Crippen molar-refractivity contribution in [2.45, 2.75) is 32.1 Å². The van der Waals surface area contributed by atoms with E-state index in [1.807, 2.05) is 24.3 Å². The maximum Gasteiger partial charge on any atom is 0.160 e. The molecule has 2 aliphatic rings. The van der Waals surface area contributed by atoms with Gasteiger partial charge in [-0.15, -0.1) is 0 Å². The van der Waals surface area contributed by atoms with Gasteiger partial charge in [0, 0.05) is 77.6 Å².